The Hall–Kier alpha value is -7.40. The van der Waals surface area contributed by atoms with Crippen LogP contribution in [0.3, 0.4) is 0 Å². The predicted molar refractivity (Wildman–Crippen MR) is 238 cm³/mol. The molecule has 3 heterocycles. The second-order valence-electron chi connectivity index (χ2n) is 15.8. The number of fused-ring (bicyclic) bond motifs is 2. The van der Waals surface area contributed by atoms with Crippen LogP contribution in [0.1, 0.15) is 47.8 Å². The molecular weight excluding hydrogens is 877 g/mol. The Morgan fingerprint density at radius 3 is 2.31 bits per heavy atom. The number of β-amino-alcohol motifs (C(OH)–C–C–N with tert-alkyl or cyclic N) is 1. The number of para-hydroxylation sites is 1. The smallest absolute Gasteiger partial charge is 0.352 e. The number of carboxylic acid groups (broad SMARTS) is 1. The number of ether oxygens (including phenoxy) is 1. The highest BCUT2D eigenvalue weighted by atomic mass is 16.5. The number of allylic oxidation sites excluding steroid dienone is 2. The fourth-order valence-corrected chi connectivity index (χ4v) is 7.22. The third-order valence-corrected chi connectivity index (χ3v) is 10.7. The summed E-state index contributed by atoms with van der Waals surface area (Å²) < 4.78 is 5.43. The summed E-state index contributed by atoms with van der Waals surface area (Å²) in [5.74, 6) is -7.09. The van der Waals surface area contributed by atoms with Crippen molar-refractivity contribution < 1.29 is 68.6 Å². The van der Waals surface area contributed by atoms with Gasteiger partial charge in [-0.3, -0.25) is 33.6 Å². The number of nitrogens with one attached hydrogen (secondary N) is 7. The summed E-state index contributed by atoms with van der Waals surface area (Å²) in [6.45, 7) is 0.451. The van der Waals surface area contributed by atoms with E-state index in [9.17, 15) is 63.9 Å². The number of aromatic carboxylic acids is 1. The standard InChI is InChI=1S/C45H54N8O14/c1-3-67-26-15-13-24(14-16-26)9-5-4-6-12-33(55)41(61)40-42(62)44(64)51-30-19-35(57)48-31(30)20-38(60)53(2)23-37(59)49-32(18-28-27-10-7-8-11-29(27)50-39(28)45(65)66)43(63)47-22-36(58)46-21-25(54)17-34(56)52-40/h4-11,13-16,20,25,30,32-33,40-42,50,54-55,61-62H,3,12,17-19,21-23H2,1-2H3,(H,46,58)(H,47,63)(H,48,57)(H,49,59)(H,51,64)(H,52,56)(H,65,66)/b6-4+,9-5+,31-20?/t25-,30-,32-,33+,40-,41-,42+/m1/s1. The largest absolute Gasteiger partial charge is 0.494 e. The molecule has 2 aliphatic heterocycles. The maximum atomic E-state index is 13.6. The molecule has 0 saturated carbocycles. The second kappa shape index (κ2) is 23.7. The molecule has 3 aromatic rings. The normalized spacial score (nSPS) is 23.1. The van der Waals surface area contributed by atoms with Gasteiger partial charge in [0, 0.05) is 42.7 Å². The Labute approximate surface area is 383 Å². The van der Waals surface area contributed by atoms with E-state index in [-0.39, 0.29) is 29.8 Å². The van der Waals surface area contributed by atoms with Gasteiger partial charge in [-0.15, -0.1) is 0 Å². The molecule has 0 unspecified atom stereocenters. The molecule has 358 valence electrons. The van der Waals surface area contributed by atoms with Gasteiger partial charge in [-0.25, -0.2) is 4.79 Å². The van der Waals surface area contributed by atoms with Gasteiger partial charge in [0.05, 0.1) is 56.8 Å². The number of aliphatic hydroxyl groups is 4. The van der Waals surface area contributed by atoms with Crippen LogP contribution in [0.5, 0.6) is 5.75 Å². The van der Waals surface area contributed by atoms with Crippen LogP contribution in [-0.2, 0) is 40.0 Å². The highest BCUT2D eigenvalue weighted by Crippen LogP contribution is 2.24. The fourth-order valence-electron chi connectivity index (χ4n) is 7.22. The first-order chi connectivity index (χ1) is 31.9. The molecule has 1 fully saturated rings. The SMILES string of the molecule is CCOc1ccc(/C=C/C=C/C[C@H](O)[C@@H](O)[C@H]2NC(=O)C[C@@H](O)CNC(=O)CNC(=O)[C@@H](Cc3c(C(=O)O)[nH]c4ccccc34)NC(=O)CN(C)C(=O)C=C3NC(=O)C[C@H]3NC(=O)[C@H]2O)cc1. The van der Waals surface area contributed by atoms with Crippen LogP contribution in [0.25, 0.3) is 17.0 Å². The molecule has 22 heteroatoms. The van der Waals surface area contributed by atoms with Crippen LogP contribution >= 0.6 is 0 Å². The Bertz CT molecular complexity index is 2410. The van der Waals surface area contributed by atoms with Crippen molar-refractivity contribution in [3.05, 3.63) is 95.4 Å². The summed E-state index contributed by atoms with van der Waals surface area (Å²) in [6, 6.07) is 9.10. The number of hydrogen-bond acceptors (Lipinski definition) is 13. The van der Waals surface area contributed by atoms with Gasteiger partial charge in [0.25, 0.3) is 5.91 Å². The molecular formula is C45H54N8O14. The van der Waals surface area contributed by atoms with Crippen molar-refractivity contribution in [1.29, 1.82) is 0 Å². The van der Waals surface area contributed by atoms with Crippen LogP contribution in [0.2, 0.25) is 0 Å². The zero-order chi connectivity index (χ0) is 48.8. The fraction of sp³-hybridized carbons (Fsp3) is 0.378. The topological polar surface area (TPSA) is 338 Å². The van der Waals surface area contributed by atoms with E-state index < -0.39 is 122 Å². The third-order valence-electron chi connectivity index (χ3n) is 10.7. The van der Waals surface area contributed by atoms with Crippen molar-refractivity contribution in [3.63, 3.8) is 0 Å². The van der Waals surface area contributed by atoms with E-state index in [1.54, 1.807) is 54.6 Å². The van der Waals surface area contributed by atoms with Gasteiger partial charge in [0.15, 0.2) is 6.10 Å². The Balaban J connectivity index is 1.35. The number of carbonyl (C=O) groups excluding carboxylic acids is 7. The number of benzene rings is 2. The van der Waals surface area contributed by atoms with E-state index in [2.05, 4.69) is 36.9 Å². The highest BCUT2D eigenvalue weighted by Gasteiger charge is 2.39. The van der Waals surface area contributed by atoms with Gasteiger partial charge in [-0.1, -0.05) is 54.6 Å². The number of rotatable bonds is 11. The van der Waals surface area contributed by atoms with E-state index in [0.29, 0.717) is 23.3 Å². The van der Waals surface area contributed by atoms with Crippen molar-refractivity contribution in [1.82, 2.24) is 41.8 Å². The van der Waals surface area contributed by atoms with Crippen molar-refractivity contribution in [2.24, 2.45) is 0 Å². The lowest BCUT2D eigenvalue weighted by molar-refractivity contribution is -0.138. The summed E-state index contributed by atoms with van der Waals surface area (Å²) in [5, 5.41) is 68.8. The van der Waals surface area contributed by atoms with Gasteiger partial charge in [0.1, 0.15) is 23.6 Å². The first-order valence-electron chi connectivity index (χ1n) is 21.2. The zero-order valence-electron chi connectivity index (χ0n) is 36.6. The first-order valence-corrected chi connectivity index (χ1v) is 21.2. The van der Waals surface area contributed by atoms with Crippen molar-refractivity contribution in [2.75, 3.05) is 33.3 Å². The Kier molecular flexibility index (Phi) is 17.9. The van der Waals surface area contributed by atoms with Crippen LogP contribution in [-0.4, -0.2) is 159 Å². The highest BCUT2D eigenvalue weighted by molar-refractivity contribution is 5.99. The minimum Gasteiger partial charge on any atom is -0.494 e. The molecule has 0 spiro atoms. The monoisotopic (exact) mass is 930 g/mol. The van der Waals surface area contributed by atoms with E-state index in [1.165, 1.54) is 13.1 Å². The number of carboxylic acids is 1. The summed E-state index contributed by atoms with van der Waals surface area (Å²) in [6.07, 6.45) is -1.95. The summed E-state index contributed by atoms with van der Waals surface area (Å²) >= 11 is 0. The molecule has 1 aromatic heterocycles. The average molecular weight is 931 g/mol. The minimum atomic E-state index is -2.29. The molecule has 0 radical (unpaired) electrons. The van der Waals surface area contributed by atoms with Gasteiger partial charge in [-0.05, 0) is 42.7 Å². The zero-order valence-corrected chi connectivity index (χ0v) is 36.6. The molecule has 2 aliphatic rings. The molecule has 0 aliphatic carbocycles. The number of hydrogen-bond donors (Lipinski definition) is 12. The van der Waals surface area contributed by atoms with Gasteiger partial charge in [0.2, 0.25) is 35.4 Å². The second-order valence-corrected chi connectivity index (χ2v) is 15.8. The Morgan fingerprint density at radius 2 is 1.60 bits per heavy atom. The van der Waals surface area contributed by atoms with E-state index in [4.69, 9.17) is 4.74 Å². The summed E-state index contributed by atoms with van der Waals surface area (Å²) in [7, 11) is 1.22. The molecule has 12 N–H and O–H groups in total. The quantitative estimate of drug-likeness (QED) is 0.0915. The summed E-state index contributed by atoms with van der Waals surface area (Å²) in [4.78, 5) is 108. The molecule has 7 atom stereocenters. The number of likely N-dealkylation sites (N-methyl/N-ethyl adjacent to an activating group) is 1. The number of H-pyrrole nitrogens is 1. The Morgan fingerprint density at radius 1 is 0.866 bits per heavy atom. The molecule has 67 heavy (non-hydrogen) atoms. The van der Waals surface area contributed by atoms with E-state index in [1.807, 2.05) is 19.1 Å². The van der Waals surface area contributed by atoms with Crippen LogP contribution in [0, 0.1) is 0 Å². The minimum absolute atomic E-state index is 0.149. The predicted octanol–water partition coefficient (Wildman–Crippen LogP) is -2.14. The molecule has 5 rings (SSSR count). The summed E-state index contributed by atoms with van der Waals surface area (Å²) in [5.41, 5.74) is 1.02. The number of aromatic amines is 1. The lowest BCUT2D eigenvalue weighted by Gasteiger charge is -2.31. The average Bonchev–Trinajstić information content (AvgIpc) is 3.84. The van der Waals surface area contributed by atoms with E-state index in [0.717, 1.165) is 16.5 Å². The number of aromatic nitrogens is 1. The van der Waals surface area contributed by atoms with Crippen LogP contribution < -0.4 is 36.6 Å². The molecule has 1 saturated heterocycles. The molecule has 7 amide bonds. The van der Waals surface area contributed by atoms with Crippen molar-refractivity contribution in [3.8, 4) is 5.75 Å². The number of carbonyl (C=O) groups is 8. The van der Waals surface area contributed by atoms with Gasteiger partial charge >= 0.3 is 5.97 Å². The molecule has 0 bridgehead atoms. The number of aliphatic hydroxyl groups excluding tert-OH is 4. The molecule has 2 aromatic carbocycles. The number of amides is 7. The maximum Gasteiger partial charge on any atom is 0.352 e. The lowest BCUT2D eigenvalue weighted by Crippen LogP contribution is -2.60. The maximum absolute atomic E-state index is 13.6. The van der Waals surface area contributed by atoms with Crippen molar-refractivity contribution >= 4 is 64.3 Å². The van der Waals surface area contributed by atoms with Gasteiger partial charge in [-0.2, -0.15) is 0 Å². The number of nitrogens with zero attached hydrogens (tertiary/aromatic N) is 1. The lowest BCUT2D eigenvalue weighted by atomic mass is 9.96. The van der Waals surface area contributed by atoms with Crippen LogP contribution in [0.4, 0.5) is 0 Å². The van der Waals surface area contributed by atoms with Gasteiger partial charge < -0.3 is 72.1 Å². The molecule has 22 nitrogen and oxygen atoms in total. The van der Waals surface area contributed by atoms with Crippen molar-refractivity contribution in [2.45, 2.75) is 75.1 Å². The third kappa shape index (κ3) is 14.3. The van der Waals surface area contributed by atoms with E-state index >= 15 is 0 Å². The first kappa shape index (κ1) is 50.6. The van der Waals surface area contributed by atoms with Crippen LogP contribution in [0.15, 0.2) is 78.5 Å².